The normalized spacial score (nSPS) is 30.6. The maximum Gasteiger partial charge on any atom is 0.0241 e. The Hall–Kier alpha value is -0.860. The third-order valence-electron chi connectivity index (χ3n) is 5.14. The number of nitrogens with zero attached hydrogens (tertiary/aromatic N) is 1. The van der Waals surface area contributed by atoms with E-state index >= 15 is 0 Å². The van der Waals surface area contributed by atoms with Crippen LogP contribution in [0.3, 0.4) is 0 Å². The van der Waals surface area contributed by atoms with Crippen molar-refractivity contribution in [2.24, 2.45) is 11.8 Å². The summed E-state index contributed by atoms with van der Waals surface area (Å²) in [6.07, 6.45) is 0. The molecule has 3 rings (SSSR count). The zero-order chi connectivity index (χ0) is 12.8. The van der Waals surface area contributed by atoms with Crippen molar-refractivity contribution >= 4 is 0 Å². The Morgan fingerprint density at radius 3 is 2.78 bits per heavy atom. The van der Waals surface area contributed by atoms with E-state index in [1.54, 1.807) is 0 Å². The Morgan fingerprint density at radius 2 is 2.06 bits per heavy atom. The summed E-state index contributed by atoms with van der Waals surface area (Å²) < 4.78 is 0. The van der Waals surface area contributed by atoms with Crippen LogP contribution in [0, 0.1) is 18.8 Å². The van der Waals surface area contributed by atoms with Crippen LogP contribution in [-0.4, -0.2) is 30.1 Å². The molecule has 0 aliphatic carbocycles. The van der Waals surface area contributed by atoms with Gasteiger partial charge in [-0.2, -0.15) is 0 Å². The van der Waals surface area contributed by atoms with Crippen molar-refractivity contribution < 1.29 is 0 Å². The van der Waals surface area contributed by atoms with Gasteiger partial charge in [-0.05, 0) is 50.3 Å². The molecule has 2 nitrogen and oxygen atoms in total. The first-order chi connectivity index (χ1) is 8.59. The van der Waals surface area contributed by atoms with Crippen LogP contribution in [-0.2, 0) is 6.54 Å². The fourth-order valence-electron chi connectivity index (χ4n) is 3.77. The fourth-order valence-corrected chi connectivity index (χ4v) is 3.77. The van der Waals surface area contributed by atoms with E-state index in [1.807, 2.05) is 0 Å². The minimum Gasteiger partial charge on any atom is -0.316 e. The summed E-state index contributed by atoms with van der Waals surface area (Å²) in [5.41, 5.74) is 3.23. The topological polar surface area (TPSA) is 15.3 Å². The van der Waals surface area contributed by atoms with Crippen molar-refractivity contribution in [1.29, 1.82) is 0 Å². The number of likely N-dealkylation sites (tertiary alicyclic amines) is 1. The van der Waals surface area contributed by atoms with Crippen LogP contribution >= 0.6 is 0 Å². The van der Waals surface area contributed by atoms with Crippen molar-refractivity contribution in [3.63, 3.8) is 0 Å². The van der Waals surface area contributed by atoms with E-state index in [2.05, 4.69) is 55.3 Å². The molecule has 2 saturated heterocycles. The van der Waals surface area contributed by atoms with E-state index < -0.39 is 0 Å². The van der Waals surface area contributed by atoms with Crippen molar-refractivity contribution in [3.8, 4) is 0 Å². The summed E-state index contributed by atoms with van der Waals surface area (Å²) in [7, 11) is 0. The molecule has 2 fully saturated rings. The van der Waals surface area contributed by atoms with Gasteiger partial charge in [-0.15, -0.1) is 0 Å². The van der Waals surface area contributed by atoms with Crippen LogP contribution in [0.15, 0.2) is 24.3 Å². The van der Waals surface area contributed by atoms with Crippen molar-refractivity contribution in [1.82, 2.24) is 10.2 Å². The molecule has 0 radical (unpaired) electrons. The summed E-state index contributed by atoms with van der Waals surface area (Å²) in [5, 5.41) is 3.55. The van der Waals surface area contributed by atoms with Crippen LogP contribution in [0.4, 0.5) is 0 Å². The summed E-state index contributed by atoms with van der Waals surface area (Å²) in [5.74, 6) is 1.67. The average Bonchev–Trinajstić information content (AvgIpc) is 2.87. The van der Waals surface area contributed by atoms with E-state index in [9.17, 15) is 0 Å². The molecule has 1 aromatic carbocycles. The third-order valence-corrected chi connectivity index (χ3v) is 5.14. The zero-order valence-corrected chi connectivity index (χ0v) is 11.7. The van der Waals surface area contributed by atoms with Crippen LogP contribution in [0.2, 0.25) is 0 Å². The number of hydrogen-bond donors (Lipinski definition) is 1. The lowest BCUT2D eigenvalue weighted by Crippen LogP contribution is -2.44. The van der Waals surface area contributed by atoms with Crippen LogP contribution in [0.25, 0.3) is 0 Å². The highest BCUT2D eigenvalue weighted by atomic mass is 15.2. The van der Waals surface area contributed by atoms with E-state index in [1.165, 1.54) is 30.8 Å². The lowest BCUT2D eigenvalue weighted by molar-refractivity contribution is 0.132. The Kier molecular flexibility index (Phi) is 2.95. The van der Waals surface area contributed by atoms with E-state index in [0.29, 0.717) is 5.54 Å². The van der Waals surface area contributed by atoms with Gasteiger partial charge in [0.15, 0.2) is 0 Å². The van der Waals surface area contributed by atoms with Gasteiger partial charge < -0.3 is 5.32 Å². The van der Waals surface area contributed by atoms with Gasteiger partial charge >= 0.3 is 0 Å². The molecule has 18 heavy (non-hydrogen) atoms. The number of aryl methyl sites for hydroxylation is 1. The first kappa shape index (κ1) is 12.2. The van der Waals surface area contributed by atoms with Gasteiger partial charge in [-0.1, -0.05) is 24.3 Å². The summed E-state index contributed by atoms with van der Waals surface area (Å²) in [4.78, 5) is 2.69. The second kappa shape index (κ2) is 4.36. The highest BCUT2D eigenvalue weighted by Gasteiger charge is 2.49. The van der Waals surface area contributed by atoms with Crippen LogP contribution < -0.4 is 5.32 Å². The molecule has 1 N–H and O–H groups in total. The second-order valence-corrected chi connectivity index (χ2v) is 6.49. The van der Waals surface area contributed by atoms with Gasteiger partial charge in [0, 0.05) is 25.2 Å². The smallest absolute Gasteiger partial charge is 0.0241 e. The van der Waals surface area contributed by atoms with Crippen molar-refractivity contribution in [2.75, 3.05) is 19.6 Å². The minimum absolute atomic E-state index is 0.330. The van der Waals surface area contributed by atoms with Crippen molar-refractivity contribution in [2.45, 2.75) is 32.9 Å². The summed E-state index contributed by atoms with van der Waals surface area (Å²) in [6, 6.07) is 8.79. The molecule has 2 aliphatic heterocycles. The van der Waals surface area contributed by atoms with Gasteiger partial charge in [-0.25, -0.2) is 0 Å². The Balaban J connectivity index is 1.80. The molecular formula is C16H24N2. The first-order valence-electron chi connectivity index (χ1n) is 7.09. The van der Waals surface area contributed by atoms with Crippen LogP contribution in [0.5, 0.6) is 0 Å². The van der Waals surface area contributed by atoms with Gasteiger partial charge in [0.1, 0.15) is 0 Å². The molecule has 0 saturated carbocycles. The Bertz CT molecular complexity index is 438. The summed E-state index contributed by atoms with van der Waals surface area (Å²) >= 11 is 0. The maximum absolute atomic E-state index is 3.55. The highest BCUT2D eigenvalue weighted by molar-refractivity contribution is 5.26. The molecule has 0 aromatic heterocycles. The molecule has 2 aliphatic rings. The Labute approximate surface area is 110 Å². The number of hydrogen-bond acceptors (Lipinski definition) is 2. The lowest BCUT2D eigenvalue weighted by atomic mass is 9.84. The monoisotopic (exact) mass is 244 g/mol. The number of nitrogens with one attached hydrogen (secondary N) is 1. The molecule has 0 bridgehead atoms. The molecule has 2 heteroatoms. The standard InChI is InChI=1S/C16H24N2/c1-12-6-4-5-7-13(12)10-18-11-14-8-17-9-15(14)16(18,2)3/h4-7,14-15,17H,8-11H2,1-3H3. The Morgan fingerprint density at radius 1 is 1.28 bits per heavy atom. The summed E-state index contributed by atoms with van der Waals surface area (Å²) in [6.45, 7) is 11.8. The van der Waals surface area contributed by atoms with E-state index in [4.69, 9.17) is 0 Å². The SMILES string of the molecule is Cc1ccccc1CN1CC2CNCC2C1(C)C. The fraction of sp³-hybridized carbons (Fsp3) is 0.625. The number of fused-ring (bicyclic) bond motifs is 1. The first-order valence-corrected chi connectivity index (χ1v) is 7.09. The van der Waals surface area contributed by atoms with Gasteiger partial charge in [0.05, 0.1) is 0 Å². The van der Waals surface area contributed by atoms with Gasteiger partial charge in [-0.3, -0.25) is 4.90 Å². The number of rotatable bonds is 2. The molecule has 1 aromatic rings. The molecule has 2 heterocycles. The zero-order valence-electron chi connectivity index (χ0n) is 11.7. The number of benzene rings is 1. The van der Waals surface area contributed by atoms with Crippen LogP contribution in [0.1, 0.15) is 25.0 Å². The molecular weight excluding hydrogens is 220 g/mol. The molecule has 0 amide bonds. The van der Waals surface area contributed by atoms with E-state index in [-0.39, 0.29) is 0 Å². The molecule has 2 atom stereocenters. The average molecular weight is 244 g/mol. The quantitative estimate of drug-likeness (QED) is 0.859. The third kappa shape index (κ3) is 1.88. The lowest BCUT2D eigenvalue weighted by Gasteiger charge is -2.36. The maximum atomic E-state index is 3.55. The largest absolute Gasteiger partial charge is 0.316 e. The predicted molar refractivity (Wildman–Crippen MR) is 75.5 cm³/mol. The van der Waals surface area contributed by atoms with Crippen molar-refractivity contribution in [3.05, 3.63) is 35.4 Å². The van der Waals surface area contributed by atoms with Gasteiger partial charge in [0.2, 0.25) is 0 Å². The molecule has 0 spiro atoms. The minimum atomic E-state index is 0.330. The highest BCUT2D eigenvalue weighted by Crippen LogP contribution is 2.41. The second-order valence-electron chi connectivity index (χ2n) is 6.49. The van der Waals surface area contributed by atoms with E-state index in [0.717, 1.165) is 18.4 Å². The molecule has 98 valence electrons. The molecule has 2 unspecified atom stereocenters. The van der Waals surface area contributed by atoms with Gasteiger partial charge in [0.25, 0.3) is 0 Å². The predicted octanol–water partition coefficient (Wildman–Crippen LogP) is 2.42.